The van der Waals surface area contributed by atoms with Crippen molar-refractivity contribution in [1.29, 1.82) is 0 Å². The third-order valence-electron chi connectivity index (χ3n) is 4.63. The lowest BCUT2D eigenvalue weighted by Gasteiger charge is -2.26. The van der Waals surface area contributed by atoms with Crippen LogP contribution in [0, 0.1) is 0 Å². The standard InChI is InChI=1S/C21H23NO4/c1-14(23)17-11-10-16(25-2)12-20(17)26-13-21(24)22-19-9-5-7-15-6-3-4-8-18(15)19/h3-4,6,8,10-12,19H,5,7,9,13H2,1-2H3,(H,22,24). The van der Waals surface area contributed by atoms with E-state index in [0.29, 0.717) is 17.1 Å². The van der Waals surface area contributed by atoms with E-state index >= 15 is 0 Å². The summed E-state index contributed by atoms with van der Waals surface area (Å²) in [5.74, 6) is 0.607. The zero-order valence-electron chi connectivity index (χ0n) is 15.1. The molecule has 0 radical (unpaired) electrons. The number of benzene rings is 2. The average Bonchev–Trinajstić information content (AvgIpc) is 2.66. The second kappa shape index (κ2) is 8.04. The minimum atomic E-state index is -0.205. The molecule has 0 heterocycles. The van der Waals surface area contributed by atoms with Crippen molar-refractivity contribution >= 4 is 11.7 Å². The van der Waals surface area contributed by atoms with Gasteiger partial charge in [0.15, 0.2) is 12.4 Å². The lowest BCUT2D eigenvalue weighted by molar-refractivity contribution is -0.124. The molecule has 0 bridgehead atoms. The Labute approximate surface area is 153 Å². The van der Waals surface area contributed by atoms with Crippen LogP contribution in [0.15, 0.2) is 42.5 Å². The third kappa shape index (κ3) is 4.04. The smallest absolute Gasteiger partial charge is 0.258 e. The number of hydrogen-bond donors (Lipinski definition) is 1. The zero-order valence-corrected chi connectivity index (χ0v) is 15.1. The molecule has 0 saturated heterocycles. The maximum atomic E-state index is 12.4. The Balaban J connectivity index is 1.66. The van der Waals surface area contributed by atoms with Gasteiger partial charge in [-0.15, -0.1) is 0 Å². The van der Waals surface area contributed by atoms with E-state index in [1.54, 1.807) is 25.3 Å². The van der Waals surface area contributed by atoms with Crippen molar-refractivity contribution in [3.8, 4) is 11.5 Å². The lowest BCUT2D eigenvalue weighted by Crippen LogP contribution is -2.34. The van der Waals surface area contributed by atoms with Crippen LogP contribution in [-0.4, -0.2) is 25.4 Å². The Morgan fingerprint density at radius 1 is 1.19 bits per heavy atom. The number of aryl methyl sites for hydroxylation is 1. The van der Waals surface area contributed by atoms with E-state index in [9.17, 15) is 9.59 Å². The molecule has 0 fully saturated rings. The molecule has 0 saturated carbocycles. The summed E-state index contributed by atoms with van der Waals surface area (Å²) in [7, 11) is 1.54. The van der Waals surface area contributed by atoms with Crippen LogP contribution in [0.1, 0.15) is 47.3 Å². The molecule has 1 aliphatic rings. The fraction of sp³-hybridized carbons (Fsp3) is 0.333. The zero-order chi connectivity index (χ0) is 18.5. The summed E-state index contributed by atoms with van der Waals surface area (Å²) >= 11 is 0. The molecular formula is C21H23NO4. The SMILES string of the molecule is COc1ccc(C(C)=O)c(OCC(=O)NC2CCCc3ccccc32)c1. The molecule has 2 aromatic rings. The van der Waals surface area contributed by atoms with Crippen LogP contribution in [0.4, 0.5) is 0 Å². The van der Waals surface area contributed by atoms with E-state index in [2.05, 4.69) is 17.4 Å². The van der Waals surface area contributed by atoms with Gasteiger partial charge in [-0.3, -0.25) is 9.59 Å². The fourth-order valence-corrected chi connectivity index (χ4v) is 3.32. The van der Waals surface area contributed by atoms with Gasteiger partial charge in [-0.05, 0) is 49.4 Å². The molecule has 3 rings (SSSR count). The molecule has 0 aliphatic heterocycles. The van der Waals surface area contributed by atoms with Gasteiger partial charge in [0.2, 0.25) is 0 Å². The van der Waals surface area contributed by atoms with Gasteiger partial charge in [-0.1, -0.05) is 24.3 Å². The normalized spacial score (nSPS) is 15.7. The number of fused-ring (bicyclic) bond motifs is 1. The molecule has 2 aromatic carbocycles. The number of ketones is 1. The van der Waals surface area contributed by atoms with Crippen LogP contribution in [0.3, 0.4) is 0 Å². The van der Waals surface area contributed by atoms with E-state index in [1.165, 1.54) is 18.1 Å². The van der Waals surface area contributed by atoms with Crippen molar-refractivity contribution < 1.29 is 19.1 Å². The number of carbonyl (C=O) groups excluding carboxylic acids is 2. The van der Waals surface area contributed by atoms with E-state index < -0.39 is 0 Å². The molecule has 1 N–H and O–H groups in total. The minimum absolute atomic E-state index is 0.00800. The van der Waals surface area contributed by atoms with Crippen molar-refractivity contribution in [2.24, 2.45) is 0 Å². The highest BCUT2D eigenvalue weighted by Crippen LogP contribution is 2.29. The lowest BCUT2D eigenvalue weighted by atomic mass is 9.88. The first-order valence-corrected chi connectivity index (χ1v) is 8.77. The first-order valence-electron chi connectivity index (χ1n) is 8.77. The number of Topliss-reactive ketones (excluding diaryl/α,β-unsaturated/α-hetero) is 1. The van der Waals surface area contributed by atoms with Crippen LogP contribution in [-0.2, 0) is 11.2 Å². The third-order valence-corrected chi connectivity index (χ3v) is 4.63. The molecule has 5 nitrogen and oxygen atoms in total. The van der Waals surface area contributed by atoms with E-state index in [4.69, 9.17) is 9.47 Å². The van der Waals surface area contributed by atoms with Gasteiger partial charge in [0.25, 0.3) is 5.91 Å². The predicted molar refractivity (Wildman–Crippen MR) is 98.8 cm³/mol. The molecule has 5 heteroatoms. The summed E-state index contributed by atoms with van der Waals surface area (Å²) in [6, 6.07) is 13.2. The summed E-state index contributed by atoms with van der Waals surface area (Å²) in [5.41, 5.74) is 2.90. The van der Waals surface area contributed by atoms with Crippen LogP contribution >= 0.6 is 0 Å². The highest BCUT2D eigenvalue weighted by atomic mass is 16.5. The van der Waals surface area contributed by atoms with Gasteiger partial charge in [-0.25, -0.2) is 0 Å². The Morgan fingerprint density at radius 2 is 2.00 bits per heavy atom. The van der Waals surface area contributed by atoms with Gasteiger partial charge < -0.3 is 14.8 Å². The monoisotopic (exact) mass is 353 g/mol. The van der Waals surface area contributed by atoms with E-state index in [0.717, 1.165) is 19.3 Å². The van der Waals surface area contributed by atoms with Crippen LogP contribution < -0.4 is 14.8 Å². The van der Waals surface area contributed by atoms with Gasteiger partial charge in [-0.2, -0.15) is 0 Å². The van der Waals surface area contributed by atoms with Crippen molar-refractivity contribution in [3.63, 3.8) is 0 Å². The molecule has 0 spiro atoms. The number of carbonyl (C=O) groups is 2. The molecular weight excluding hydrogens is 330 g/mol. The van der Waals surface area contributed by atoms with Gasteiger partial charge >= 0.3 is 0 Å². The first-order chi connectivity index (χ1) is 12.6. The topological polar surface area (TPSA) is 64.6 Å². The Morgan fingerprint density at radius 3 is 2.77 bits per heavy atom. The van der Waals surface area contributed by atoms with Gasteiger partial charge in [0.1, 0.15) is 11.5 Å². The summed E-state index contributed by atoms with van der Waals surface area (Å²) in [6.07, 6.45) is 3.01. The summed E-state index contributed by atoms with van der Waals surface area (Å²) in [4.78, 5) is 24.1. The Bertz CT molecular complexity index is 815. The number of nitrogens with one attached hydrogen (secondary N) is 1. The quantitative estimate of drug-likeness (QED) is 0.808. The maximum absolute atomic E-state index is 12.4. The highest BCUT2D eigenvalue weighted by molar-refractivity contribution is 5.97. The second-order valence-electron chi connectivity index (χ2n) is 6.42. The first kappa shape index (κ1) is 18.0. The van der Waals surface area contributed by atoms with E-state index in [1.807, 2.05) is 12.1 Å². The highest BCUT2D eigenvalue weighted by Gasteiger charge is 2.21. The summed E-state index contributed by atoms with van der Waals surface area (Å²) in [6.45, 7) is 1.32. The molecule has 1 aliphatic carbocycles. The molecule has 26 heavy (non-hydrogen) atoms. The largest absolute Gasteiger partial charge is 0.497 e. The number of rotatable bonds is 6. The van der Waals surface area contributed by atoms with Crippen LogP contribution in [0.25, 0.3) is 0 Å². The average molecular weight is 353 g/mol. The van der Waals surface area contributed by atoms with Crippen molar-refractivity contribution in [1.82, 2.24) is 5.32 Å². The van der Waals surface area contributed by atoms with Crippen molar-refractivity contribution in [2.75, 3.05) is 13.7 Å². The number of ether oxygens (including phenoxy) is 2. The van der Waals surface area contributed by atoms with Crippen molar-refractivity contribution in [3.05, 3.63) is 59.2 Å². The fourth-order valence-electron chi connectivity index (χ4n) is 3.32. The molecule has 0 aromatic heterocycles. The number of amides is 1. The van der Waals surface area contributed by atoms with Crippen LogP contribution in [0.5, 0.6) is 11.5 Å². The number of methoxy groups -OCH3 is 1. The molecule has 1 amide bonds. The summed E-state index contributed by atoms with van der Waals surface area (Å²) in [5, 5.41) is 3.04. The van der Waals surface area contributed by atoms with Crippen molar-refractivity contribution in [2.45, 2.75) is 32.2 Å². The van der Waals surface area contributed by atoms with E-state index in [-0.39, 0.29) is 24.3 Å². The van der Waals surface area contributed by atoms with Crippen LogP contribution in [0.2, 0.25) is 0 Å². The number of hydrogen-bond acceptors (Lipinski definition) is 4. The van der Waals surface area contributed by atoms with Gasteiger partial charge in [0.05, 0.1) is 18.7 Å². The summed E-state index contributed by atoms with van der Waals surface area (Å²) < 4.78 is 10.8. The molecule has 1 unspecified atom stereocenters. The molecule has 1 atom stereocenters. The Hall–Kier alpha value is -2.82. The minimum Gasteiger partial charge on any atom is -0.497 e. The predicted octanol–water partition coefficient (Wildman–Crippen LogP) is 3.47. The second-order valence-corrected chi connectivity index (χ2v) is 6.42. The molecule has 136 valence electrons. The maximum Gasteiger partial charge on any atom is 0.258 e. The van der Waals surface area contributed by atoms with Gasteiger partial charge in [0, 0.05) is 6.07 Å². The Kier molecular flexibility index (Phi) is 5.56.